The Morgan fingerprint density at radius 3 is 2.58 bits per heavy atom. The van der Waals surface area contributed by atoms with Crippen LogP contribution in [-0.2, 0) is 37.2 Å². The van der Waals surface area contributed by atoms with Gasteiger partial charge in [-0.05, 0) is 43.7 Å². The minimum absolute atomic E-state index is 0.113. The first-order valence-corrected chi connectivity index (χ1v) is 11.5. The van der Waals surface area contributed by atoms with E-state index in [-0.39, 0.29) is 18.4 Å². The van der Waals surface area contributed by atoms with Gasteiger partial charge in [-0.25, -0.2) is 8.42 Å². The van der Waals surface area contributed by atoms with Crippen molar-refractivity contribution in [1.29, 1.82) is 0 Å². The third kappa shape index (κ3) is 3.66. The van der Waals surface area contributed by atoms with Gasteiger partial charge in [0.1, 0.15) is 0 Å². The van der Waals surface area contributed by atoms with E-state index in [1.54, 1.807) is 6.20 Å². The van der Waals surface area contributed by atoms with E-state index in [0.29, 0.717) is 12.5 Å². The highest BCUT2D eigenvalue weighted by molar-refractivity contribution is 7.89. The van der Waals surface area contributed by atoms with Crippen molar-refractivity contribution in [2.75, 3.05) is 32.7 Å². The number of nitrogens with zero attached hydrogens (tertiary/aromatic N) is 3. The molecule has 0 aromatic carbocycles. The molecule has 8 nitrogen and oxygen atoms in total. The fraction of sp³-hybridized carbons (Fsp3) is 0.786. The first kappa shape index (κ1) is 17.8. The second-order valence-corrected chi connectivity index (χ2v) is 10.4. The highest BCUT2D eigenvalue weighted by Crippen LogP contribution is 2.36. The second kappa shape index (κ2) is 6.08. The number of rotatable bonds is 4. The number of piperidine rings is 1. The van der Waals surface area contributed by atoms with Gasteiger partial charge in [0, 0.05) is 12.6 Å². The van der Waals surface area contributed by atoms with Gasteiger partial charge in [0.25, 0.3) is 20.1 Å². The van der Waals surface area contributed by atoms with Gasteiger partial charge in [-0.1, -0.05) is 0 Å². The summed E-state index contributed by atoms with van der Waals surface area (Å²) < 4.78 is 52.3. The van der Waals surface area contributed by atoms with Crippen molar-refractivity contribution in [3.05, 3.63) is 17.5 Å². The minimum atomic E-state index is -3.45. The summed E-state index contributed by atoms with van der Waals surface area (Å²) in [5.74, 6) is 0.378. The SMILES string of the molecule is CN1CC(COS(C)(=O)=O)CC2Cc3c(cnn3S(C)(=O)=O)CC21. The molecule has 0 saturated carbocycles. The topological polar surface area (TPSA) is 98.6 Å². The van der Waals surface area contributed by atoms with Crippen molar-refractivity contribution in [2.24, 2.45) is 11.8 Å². The van der Waals surface area contributed by atoms with Crippen LogP contribution in [0.5, 0.6) is 0 Å². The fourth-order valence-electron chi connectivity index (χ4n) is 3.97. The van der Waals surface area contributed by atoms with Crippen molar-refractivity contribution in [3.8, 4) is 0 Å². The average molecular weight is 377 g/mol. The molecule has 3 rings (SSSR count). The molecule has 1 aliphatic heterocycles. The van der Waals surface area contributed by atoms with Crippen LogP contribution >= 0.6 is 0 Å². The smallest absolute Gasteiger partial charge is 0.264 e. The summed E-state index contributed by atoms with van der Waals surface area (Å²) in [5, 5.41) is 4.05. The highest BCUT2D eigenvalue weighted by atomic mass is 32.2. The van der Waals surface area contributed by atoms with Gasteiger partial charge in [-0.2, -0.15) is 17.6 Å². The molecular weight excluding hydrogens is 354 g/mol. The van der Waals surface area contributed by atoms with Crippen molar-refractivity contribution >= 4 is 20.1 Å². The highest BCUT2D eigenvalue weighted by Gasteiger charge is 2.40. The van der Waals surface area contributed by atoms with Crippen LogP contribution in [0.15, 0.2) is 6.20 Å². The second-order valence-electron chi connectivity index (χ2n) is 6.99. The van der Waals surface area contributed by atoms with E-state index < -0.39 is 20.1 Å². The molecule has 2 heterocycles. The number of fused-ring (bicyclic) bond motifs is 2. The quantitative estimate of drug-likeness (QED) is 0.665. The molecule has 0 N–H and O–H groups in total. The maximum absolute atomic E-state index is 11.9. The van der Waals surface area contributed by atoms with Gasteiger partial charge in [0.2, 0.25) is 0 Å². The molecular formula is C14H23N3O5S2. The summed E-state index contributed by atoms with van der Waals surface area (Å²) in [6, 6.07) is 0.323. The maximum atomic E-state index is 11.9. The van der Waals surface area contributed by atoms with Crippen molar-refractivity contribution in [2.45, 2.75) is 25.3 Å². The normalized spacial score (nSPS) is 28.4. The van der Waals surface area contributed by atoms with E-state index in [2.05, 4.69) is 10.00 Å². The predicted octanol–water partition coefficient (Wildman–Crippen LogP) is -0.298. The summed E-state index contributed by atoms with van der Waals surface area (Å²) in [7, 11) is -4.83. The van der Waals surface area contributed by atoms with Crippen molar-refractivity contribution in [3.63, 3.8) is 0 Å². The lowest BCUT2D eigenvalue weighted by Gasteiger charge is -2.45. The Labute approximate surface area is 143 Å². The zero-order valence-electron chi connectivity index (χ0n) is 14.0. The lowest BCUT2D eigenvalue weighted by molar-refractivity contribution is 0.0514. The minimum Gasteiger partial charge on any atom is -0.302 e. The average Bonchev–Trinajstić information content (AvgIpc) is 2.85. The van der Waals surface area contributed by atoms with E-state index in [0.717, 1.165) is 47.2 Å². The van der Waals surface area contributed by atoms with Gasteiger partial charge in [0.05, 0.1) is 31.0 Å². The van der Waals surface area contributed by atoms with Gasteiger partial charge in [0.15, 0.2) is 0 Å². The van der Waals surface area contributed by atoms with E-state index in [9.17, 15) is 16.8 Å². The molecule has 24 heavy (non-hydrogen) atoms. The summed E-state index contributed by atoms with van der Waals surface area (Å²) in [6.07, 6.45) is 6.08. The van der Waals surface area contributed by atoms with Gasteiger partial charge >= 0.3 is 0 Å². The summed E-state index contributed by atoms with van der Waals surface area (Å²) >= 11 is 0. The summed E-state index contributed by atoms with van der Waals surface area (Å²) in [5.41, 5.74) is 1.75. The molecule has 1 aromatic rings. The summed E-state index contributed by atoms with van der Waals surface area (Å²) in [4.78, 5) is 2.23. The Hall–Kier alpha value is -0.970. The number of likely N-dealkylation sites (tertiary alicyclic amines) is 1. The molecule has 1 fully saturated rings. The maximum Gasteiger partial charge on any atom is 0.264 e. The van der Waals surface area contributed by atoms with E-state index >= 15 is 0 Å². The van der Waals surface area contributed by atoms with Crippen LogP contribution in [-0.4, -0.2) is 69.7 Å². The monoisotopic (exact) mass is 377 g/mol. The zero-order valence-corrected chi connectivity index (χ0v) is 15.7. The van der Waals surface area contributed by atoms with E-state index in [1.165, 1.54) is 0 Å². The molecule has 0 radical (unpaired) electrons. The molecule has 0 amide bonds. The molecule has 3 unspecified atom stereocenters. The molecule has 10 heteroatoms. The first-order valence-electron chi connectivity index (χ1n) is 7.85. The van der Waals surface area contributed by atoms with Crippen LogP contribution < -0.4 is 0 Å². The molecule has 0 spiro atoms. The van der Waals surface area contributed by atoms with Crippen LogP contribution in [0.3, 0.4) is 0 Å². The Bertz CT molecular complexity index is 831. The summed E-state index contributed by atoms with van der Waals surface area (Å²) in [6.45, 7) is 0.941. The molecule has 1 aliphatic carbocycles. The molecule has 136 valence electrons. The van der Waals surface area contributed by atoms with Gasteiger partial charge in [-0.15, -0.1) is 0 Å². The van der Waals surface area contributed by atoms with Gasteiger partial charge < -0.3 is 4.90 Å². The zero-order chi connectivity index (χ0) is 17.7. The fourth-order valence-corrected chi connectivity index (χ4v) is 5.22. The van der Waals surface area contributed by atoms with Crippen molar-refractivity contribution < 1.29 is 21.0 Å². The molecule has 3 atom stereocenters. The third-order valence-corrected chi connectivity index (χ3v) is 6.44. The van der Waals surface area contributed by atoms with Crippen LogP contribution in [0.1, 0.15) is 17.7 Å². The Kier molecular flexibility index (Phi) is 4.52. The predicted molar refractivity (Wildman–Crippen MR) is 88.7 cm³/mol. The number of likely N-dealkylation sites (N-methyl/N-ethyl adjacent to an activating group) is 1. The third-order valence-electron chi connectivity index (χ3n) is 4.93. The van der Waals surface area contributed by atoms with Crippen LogP contribution in [0.25, 0.3) is 0 Å². The Morgan fingerprint density at radius 2 is 1.96 bits per heavy atom. The first-order chi connectivity index (χ1) is 11.0. The molecule has 1 saturated heterocycles. The number of aromatic nitrogens is 2. The van der Waals surface area contributed by atoms with Gasteiger partial charge in [-0.3, -0.25) is 4.18 Å². The standard InChI is InChI=1S/C14H23N3O5S2/c1-16-8-10(9-22-24(3,20)21)4-11-5-14-12(6-13(11)16)7-15-17(14)23(2,18)19/h7,10-11,13H,4-6,8-9H2,1-3H3. The molecule has 2 aliphatic rings. The van der Waals surface area contributed by atoms with E-state index in [4.69, 9.17) is 4.18 Å². The Morgan fingerprint density at radius 1 is 1.25 bits per heavy atom. The number of hydrogen-bond donors (Lipinski definition) is 0. The number of hydrogen-bond acceptors (Lipinski definition) is 7. The van der Waals surface area contributed by atoms with Crippen LogP contribution in [0.4, 0.5) is 0 Å². The largest absolute Gasteiger partial charge is 0.302 e. The molecule has 0 bridgehead atoms. The van der Waals surface area contributed by atoms with Crippen LogP contribution in [0.2, 0.25) is 0 Å². The molecule has 1 aromatic heterocycles. The van der Waals surface area contributed by atoms with Crippen molar-refractivity contribution in [1.82, 2.24) is 14.1 Å². The Balaban J connectivity index is 1.79. The van der Waals surface area contributed by atoms with E-state index in [1.807, 2.05) is 7.05 Å². The van der Waals surface area contributed by atoms with Crippen LogP contribution in [0, 0.1) is 11.8 Å². The lowest BCUT2D eigenvalue weighted by Crippen LogP contribution is -2.51. The lowest BCUT2D eigenvalue weighted by atomic mass is 9.75.